The second-order valence-corrected chi connectivity index (χ2v) is 4.81. The van der Waals surface area contributed by atoms with E-state index in [1.807, 2.05) is 0 Å². The fraction of sp³-hybridized carbons (Fsp3) is 0.182. The van der Waals surface area contributed by atoms with E-state index in [2.05, 4.69) is 10.3 Å². The van der Waals surface area contributed by atoms with Crippen LogP contribution in [0.3, 0.4) is 0 Å². The normalized spacial score (nSPS) is 10.6. The zero-order chi connectivity index (χ0) is 15.7. The molecule has 1 heterocycles. The van der Waals surface area contributed by atoms with Gasteiger partial charge in [-0.2, -0.15) is 0 Å². The van der Waals surface area contributed by atoms with Crippen molar-refractivity contribution in [3.05, 3.63) is 43.7 Å². The van der Waals surface area contributed by atoms with Gasteiger partial charge in [-0.1, -0.05) is 35.3 Å². The van der Waals surface area contributed by atoms with Crippen LogP contribution in [0.4, 0.5) is 5.69 Å². The number of halogens is 2. The maximum Gasteiger partial charge on any atom is 0.358 e. The summed E-state index contributed by atoms with van der Waals surface area (Å²) < 4.78 is 1.06. The molecule has 1 aromatic carbocycles. The summed E-state index contributed by atoms with van der Waals surface area (Å²) in [5, 5.41) is 27.5. The number of aromatic nitrogens is 3. The summed E-state index contributed by atoms with van der Waals surface area (Å²) in [4.78, 5) is 21.6. The molecule has 0 unspecified atom stereocenters. The van der Waals surface area contributed by atoms with Crippen molar-refractivity contribution in [1.82, 2.24) is 15.0 Å². The lowest BCUT2D eigenvalue weighted by Gasteiger charge is -2.08. The molecule has 2 aromatic rings. The SMILES string of the molecule is CCc1c(C(=O)O)nnn1-c1c(Cl)cc(Cl)cc1[N+](=O)[O-]. The van der Waals surface area contributed by atoms with Crippen LogP contribution in [0.5, 0.6) is 0 Å². The van der Waals surface area contributed by atoms with E-state index in [9.17, 15) is 14.9 Å². The third-order valence-corrected chi connectivity index (χ3v) is 3.22. The van der Waals surface area contributed by atoms with E-state index in [0.717, 1.165) is 10.7 Å². The molecule has 0 aliphatic rings. The van der Waals surface area contributed by atoms with Crippen LogP contribution in [0.15, 0.2) is 12.1 Å². The molecule has 0 spiro atoms. The highest BCUT2D eigenvalue weighted by Crippen LogP contribution is 2.34. The van der Waals surface area contributed by atoms with E-state index in [1.165, 1.54) is 6.07 Å². The van der Waals surface area contributed by atoms with E-state index in [4.69, 9.17) is 28.3 Å². The predicted octanol–water partition coefficient (Wildman–Crippen LogP) is 2.74. The van der Waals surface area contributed by atoms with Gasteiger partial charge in [0.25, 0.3) is 5.69 Å². The molecule has 0 aliphatic carbocycles. The average Bonchev–Trinajstić information content (AvgIpc) is 2.81. The van der Waals surface area contributed by atoms with Gasteiger partial charge in [-0.15, -0.1) is 5.10 Å². The zero-order valence-electron chi connectivity index (χ0n) is 10.6. The number of nitro benzene ring substituents is 1. The minimum absolute atomic E-state index is 0.0225. The molecular weight excluding hydrogens is 323 g/mol. The maximum absolute atomic E-state index is 11.2. The second kappa shape index (κ2) is 5.66. The van der Waals surface area contributed by atoms with Crippen LogP contribution in [-0.4, -0.2) is 31.0 Å². The van der Waals surface area contributed by atoms with Gasteiger partial charge in [0.05, 0.1) is 15.6 Å². The fourth-order valence-electron chi connectivity index (χ4n) is 1.87. The number of carboxylic acids is 1. The molecule has 0 amide bonds. The summed E-state index contributed by atoms with van der Waals surface area (Å²) in [5.74, 6) is -1.27. The number of carboxylic acid groups (broad SMARTS) is 1. The van der Waals surface area contributed by atoms with Gasteiger partial charge in [0, 0.05) is 11.1 Å². The number of hydrogen-bond donors (Lipinski definition) is 1. The number of rotatable bonds is 4. The van der Waals surface area contributed by atoms with E-state index < -0.39 is 10.9 Å². The molecule has 0 atom stereocenters. The molecule has 1 N–H and O–H groups in total. The highest BCUT2D eigenvalue weighted by atomic mass is 35.5. The van der Waals surface area contributed by atoms with Gasteiger partial charge in [-0.3, -0.25) is 10.1 Å². The summed E-state index contributed by atoms with van der Waals surface area (Å²) in [7, 11) is 0. The van der Waals surface area contributed by atoms with Crippen LogP contribution < -0.4 is 0 Å². The lowest BCUT2D eigenvalue weighted by atomic mass is 10.2. The van der Waals surface area contributed by atoms with E-state index in [1.54, 1.807) is 6.92 Å². The Bertz CT molecular complexity index is 744. The number of aromatic carboxylic acids is 1. The van der Waals surface area contributed by atoms with Crippen molar-refractivity contribution in [2.24, 2.45) is 0 Å². The number of benzene rings is 1. The molecule has 0 radical (unpaired) electrons. The maximum atomic E-state index is 11.2. The van der Waals surface area contributed by atoms with Crippen LogP contribution in [-0.2, 0) is 6.42 Å². The third kappa shape index (κ3) is 2.67. The van der Waals surface area contributed by atoms with Gasteiger partial charge in [0.15, 0.2) is 11.4 Å². The quantitative estimate of drug-likeness (QED) is 0.681. The average molecular weight is 331 g/mol. The first-order chi connectivity index (χ1) is 9.86. The molecular formula is C11H8Cl2N4O4. The second-order valence-electron chi connectivity index (χ2n) is 3.97. The van der Waals surface area contributed by atoms with Crippen LogP contribution in [0.25, 0.3) is 5.69 Å². The molecule has 10 heteroatoms. The van der Waals surface area contributed by atoms with Crippen LogP contribution in [0, 0.1) is 10.1 Å². The molecule has 2 rings (SSSR count). The molecule has 0 fully saturated rings. The Hall–Kier alpha value is -2.19. The van der Waals surface area contributed by atoms with Gasteiger partial charge in [-0.05, 0) is 12.5 Å². The Labute approximate surface area is 128 Å². The van der Waals surface area contributed by atoms with Crippen molar-refractivity contribution in [1.29, 1.82) is 0 Å². The van der Waals surface area contributed by atoms with Crippen molar-refractivity contribution in [3.63, 3.8) is 0 Å². The van der Waals surface area contributed by atoms with E-state index >= 15 is 0 Å². The molecule has 21 heavy (non-hydrogen) atoms. The zero-order valence-corrected chi connectivity index (χ0v) is 12.1. The first-order valence-corrected chi connectivity index (χ1v) is 6.44. The predicted molar refractivity (Wildman–Crippen MR) is 74.4 cm³/mol. The Morgan fingerprint density at radius 1 is 1.48 bits per heavy atom. The third-order valence-electron chi connectivity index (χ3n) is 2.72. The van der Waals surface area contributed by atoms with E-state index in [-0.39, 0.29) is 39.2 Å². The minimum atomic E-state index is -1.27. The molecule has 0 saturated heterocycles. The molecule has 8 nitrogen and oxygen atoms in total. The van der Waals surface area contributed by atoms with Gasteiger partial charge >= 0.3 is 5.97 Å². The van der Waals surface area contributed by atoms with Gasteiger partial charge in [-0.25, -0.2) is 9.48 Å². The van der Waals surface area contributed by atoms with E-state index in [0.29, 0.717) is 0 Å². The van der Waals surface area contributed by atoms with Crippen molar-refractivity contribution in [3.8, 4) is 5.69 Å². The first-order valence-electron chi connectivity index (χ1n) is 5.68. The lowest BCUT2D eigenvalue weighted by molar-refractivity contribution is -0.384. The number of nitro groups is 1. The van der Waals surface area contributed by atoms with Crippen LogP contribution in [0.1, 0.15) is 23.1 Å². The number of hydrogen-bond acceptors (Lipinski definition) is 5. The highest BCUT2D eigenvalue weighted by molar-refractivity contribution is 6.36. The summed E-state index contributed by atoms with van der Waals surface area (Å²) in [6.45, 7) is 1.68. The Balaban J connectivity index is 2.79. The van der Waals surface area contributed by atoms with Crippen LogP contribution >= 0.6 is 23.2 Å². The molecule has 110 valence electrons. The molecule has 0 saturated carbocycles. The molecule has 0 bridgehead atoms. The first kappa shape index (κ1) is 15.2. The van der Waals surface area contributed by atoms with Crippen molar-refractivity contribution in [2.75, 3.05) is 0 Å². The van der Waals surface area contributed by atoms with Crippen LogP contribution in [0.2, 0.25) is 10.0 Å². The number of nitrogens with zero attached hydrogens (tertiary/aromatic N) is 4. The Morgan fingerprint density at radius 2 is 2.14 bits per heavy atom. The largest absolute Gasteiger partial charge is 0.476 e. The Morgan fingerprint density at radius 3 is 2.67 bits per heavy atom. The smallest absolute Gasteiger partial charge is 0.358 e. The van der Waals surface area contributed by atoms with Gasteiger partial charge in [0.1, 0.15) is 0 Å². The van der Waals surface area contributed by atoms with Gasteiger partial charge in [0.2, 0.25) is 0 Å². The molecule has 1 aromatic heterocycles. The van der Waals surface area contributed by atoms with Crippen molar-refractivity contribution >= 4 is 34.9 Å². The van der Waals surface area contributed by atoms with Crippen molar-refractivity contribution in [2.45, 2.75) is 13.3 Å². The molecule has 0 aliphatic heterocycles. The topological polar surface area (TPSA) is 111 Å². The minimum Gasteiger partial charge on any atom is -0.476 e. The highest BCUT2D eigenvalue weighted by Gasteiger charge is 2.26. The summed E-state index contributed by atoms with van der Waals surface area (Å²) in [6.07, 6.45) is 0.255. The Kier molecular flexibility index (Phi) is 4.10. The number of carbonyl (C=O) groups is 1. The van der Waals surface area contributed by atoms with Gasteiger partial charge < -0.3 is 5.11 Å². The lowest BCUT2D eigenvalue weighted by Crippen LogP contribution is -2.08. The monoisotopic (exact) mass is 330 g/mol. The summed E-state index contributed by atoms with van der Waals surface area (Å²) >= 11 is 11.8. The standard InChI is InChI=1S/C11H8Cl2N4O4/c1-2-7-9(11(18)19)14-15-16(7)10-6(13)3-5(12)4-8(10)17(20)21/h3-4H,2H2,1H3,(H,18,19). The van der Waals surface area contributed by atoms with Crippen molar-refractivity contribution < 1.29 is 14.8 Å². The summed E-state index contributed by atoms with van der Waals surface area (Å²) in [6, 6.07) is 2.43. The fourth-order valence-corrected chi connectivity index (χ4v) is 2.43. The summed E-state index contributed by atoms with van der Waals surface area (Å²) in [5.41, 5.74) is -0.528.